The van der Waals surface area contributed by atoms with Crippen LogP contribution in [0.4, 0.5) is 4.39 Å². The number of nitrogens with one attached hydrogen (secondary N) is 1. The van der Waals surface area contributed by atoms with E-state index in [9.17, 15) is 9.50 Å². The Morgan fingerprint density at radius 1 is 1.56 bits per heavy atom. The maximum absolute atomic E-state index is 12.9. The summed E-state index contributed by atoms with van der Waals surface area (Å²) < 4.78 is 12.9. The van der Waals surface area contributed by atoms with E-state index in [4.69, 9.17) is 5.26 Å². The summed E-state index contributed by atoms with van der Waals surface area (Å²) in [4.78, 5) is 0. The second kappa shape index (κ2) is 6.09. The summed E-state index contributed by atoms with van der Waals surface area (Å²) in [6, 6.07) is 6.00. The molecule has 0 spiro atoms. The van der Waals surface area contributed by atoms with Gasteiger partial charge in [0.15, 0.2) is 0 Å². The van der Waals surface area contributed by atoms with Gasteiger partial charge < -0.3 is 10.4 Å². The van der Waals surface area contributed by atoms with Gasteiger partial charge in [-0.3, -0.25) is 0 Å². The van der Waals surface area contributed by atoms with Crippen molar-refractivity contribution in [1.29, 1.82) is 5.26 Å². The van der Waals surface area contributed by atoms with Crippen LogP contribution in [0.1, 0.15) is 25.3 Å². The van der Waals surface area contributed by atoms with Gasteiger partial charge in [0.1, 0.15) is 11.6 Å². The maximum atomic E-state index is 12.9. The van der Waals surface area contributed by atoms with Gasteiger partial charge in [0.25, 0.3) is 0 Å². The van der Waals surface area contributed by atoms with E-state index in [-0.39, 0.29) is 17.6 Å². The summed E-state index contributed by atoms with van der Waals surface area (Å²) in [5.74, 6) is -0.302. The van der Waals surface area contributed by atoms with Crippen molar-refractivity contribution in [2.24, 2.45) is 0 Å². The number of hydrogen-bond donors (Lipinski definition) is 2. The van der Waals surface area contributed by atoms with Crippen molar-refractivity contribution >= 4 is 0 Å². The van der Waals surface area contributed by atoms with Crippen LogP contribution in [0.25, 0.3) is 0 Å². The first-order chi connectivity index (χ1) is 7.67. The fourth-order valence-corrected chi connectivity index (χ4v) is 1.42. The predicted molar refractivity (Wildman–Crippen MR) is 59.2 cm³/mol. The summed E-state index contributed by atoms with van der Waals surface area (Å²) in [7, 11) is 0. The van der Waals surface area contributed by atoms with Crippen LogP contribution in [0.2, 0.25) is 0 Å². The SMILES string of the molecule is CCC(CC#N)NCc1cc(F)ccc1O. The quantitative estimate of drug-likeness (QED) is 0.803. The molecule has 4 heteroatoms. The molecule has 0 saturated carbocycles. The Labute approximate surface area is 94.5 Å². The molecule has 0 radical (unpaired) electrons. The average Bonchev–Trinajstić information content (AvgIpc) is 2.28. The number of rotatable bonds is 5. The minimum absolute atomic E-state index is 0.0701. The second-order valence-corrected chi connectivity index (χ2v) is 3.62. The third-order valence-corrected chi connectivity index (χ3v) is 2.45. The highest BCUT2D eigenvalue weighted by Gasteiger charge is 2.07. The molecule has 3 nitrogen and oxygen atoms in total. The van der Waals surface area contributed by atoms with Crippen LogP contribution in [-0.2, 0) is 6.54 Å². The van der Waals surface area contributed by atoms with E-state index in [2.05, 4.69) is 11.4 Å². The summed E-state index contributed by atoms with van der Waals surface area (Å²) in [6.07, 6.45) is 1.23. The summed E-state index contributed by atoms with van der Waals surface area (Å²) in [5, 5.41) is 21.1. The molecule has 0 aliphatic carbocycles. The van der Waals surface area contributed by atoms with Crippen LogP contribution in [-0.4, -0.2) is 11.1 Å². The fraction of sp³-hybridized carbons (Fsp3) is 0.417. The minimum atomic E-state index is -0.372. The number of nitriles is 1. The van der Waals surface area contributed by atoms with E-state index in [0.29, 0.717) is 18.5 Å². The Hall–Kier alpha value is -1.60. The van der Waals surface area contributed by atoms with Crippen LogP contribution in [0, 0.1) is 17.1 Å². The molecule has 0 amide bonds. The molecule has 86 valence electrons. The zero-order chi connectivity index (χ0) is 12.0. The van der Waals surface area contributed by atoms with E-state index >= 15 is 0 Å². The lowest BCUT2D eigenvalue weighted by Gasteiger charge is -2.14. The van der Waals surface area contributed by atoms with Gasteiger partial charge in [0.2, 0.25) is 0 Å². The largest absolute Gasteiger partial charge is 0.508 e. The lowest BCUT2D eigenvalue weighted by atomic mass is 10.1. The molecule has 0 saturated heterocycles. The number of halogens is 1. The van der Waals surface area contributed by atoms with Crippen LogP contribution in [0.3, 0.4) is 0 Å². The predicted octanol–water partition coefficient (Wildman–Crippen LogP) is 2.31. The minimum Gasteiger partial charge on any atom is -0.508 e. The normalized spacial score (nSPS) is 12.1. The third-order valence-electron chi connectivity index (χ3n) is 2.45. The van der Waals surface area contributed by atoms with Gasteiger partial charge in [-0.05, 0) is 24.6 Å². The summed E-state index contributed by atoms with van der Waals surface area (Å²) in [6.45, 7) is 2.34. The Bertz CT molecular complexity index is 387. The topological polar surface area (TPSA) is 56.0 Å². The number of hydrogen-bond acceptors (Lipinski definition) is 3. The number of phenolic OH excluding ortho intramolecular Hbond substituents is 1. The molecule has 1 atom stereocenters. The highest BCUT2D eigenvalue weighted by Crippen LogP contribution is 2.17. The van der Waals surface area contributed by atoms with Gasteiger partial charge >= 0.3 is 0 Å². The van der Waals surface area contributed by atoms with E-state index in [1.165, 1.54) is 18.2 Å². The van der Waals surface area contributed by atoms with Crippen molar-refractivity contribution in [3.8, 4) is 11.8 Å². The van der Waals surface area contributed by atoms with E-state index in [1.807, 2.05) is 6.92 Å². The molecule has 0 heterocycles. The Morgan fingerprint density at radius 3 is 2.94 bits per heavy atom. The number of nitrogens with zero attached hydrogens (tertiary/aromatic N) is 1. The third kappa shape index (κ3) is 3.52. The first kappa shape index (κ1) is 12.5. The zero-order valence-electron chi connectivity index (χ0n) is 9.20. The first-order valence-electron chi connectivity index (χ1n) is 5.25. The fourth-order valence-electron chi connectivity index (χ4n) is 1.42. The van der Waals surface area contributed by atoms with Crippen molar-refractivity contribution in [2.45, 2.75) is 32.4 Å². The van der Waals surface area contributed by atoms with Crippen molar-refractivity contribution in [1.82, 2.24) is 5.32 Å². The molecule has 1 unspecified atom stereocenters. The lowest BCUT2D eigenvalue weighted by molar-refractivity contribution is 0.450. The highest BCUT2D eigenvalue weighted by atomic mass is 19.1. The van der Waals surface area contributed by atoms with Crippen molar-refractivity contribution < 1.29 is 9.50 Å². The van der Waals surface area contributed by atoms with Gasteiger partial charge in [-0.15, -0.1) is 0 Å². The molecule has 0 aliphatic heterocycles. The maximum Gasteiger partial charge on any atom is 0.123 e. The number of phenols is 1. The number of aromatic hydroxyl groups is 1. The molecule has 0 bridgehead atoms. The van der Waals surface area contributed by atoms with E-state index in [0.717, 1.165) is 6.42 Å². The molecule has 0 fully saturated rings. The molecule has 0 aromatic heterocycles. The lowest BCUT2D eigenvalue weighted by Crippen LogP contribution is -2.27. The van der Waals surface area contributed by atoms with Gasteiger partial charge in [-0.2, -0.15) is 5.26 Å². The monoisotopic (exact) mass is 222 g/mol. The van der Waals surface area contributed by atoms with Crippen LogP contribution < -0.4 is 5.32 Å². The average molecular weight is 222 g/mol. The molecule has 1 rings (SSSR count). The van der Waals surface area contributed by atoms with Crippen LogP contribution in [0.5, 0.6) is 5.75 Å². The van der Waals surface area contributed by atoms with E-state index < -0.39 is 0 Å². The highest BCUT2D eigenvalue weighted by molar-refractivity contribution is 5.32. The smallest absolute Gasteiger partial charge is 0.123 e. The molecule has 16 heavy (non-hydrogen) atoms. The number of benzene rings is 1. The summed E-state index contributed by atoms with van der Waals surface area (Å²) in [5.41, 5.74) is 0.511. The van der Waals surface area contributed by atoms with Gasteiger partial charge in [-0.25, -0.2) is 4.39 Å². The van der Waals surface area contributed by atoms with Gasteiger partial charge in [0.05, 0.1) is 12.5 Å². The van der Waals surface area contributed by atoms with Crippen LogP contribution >= 0.6 is 0 Å². The molecular weight excluding hydrogens is 207 g/mol. The van der Waals surface area contributed by atoms with Crippen molar-refractivity contribution in [2.75, 3.05) is 0 Å². The molecule has 2 N–H and O–H groups in total. The van der Waals surface area contributed by atoms with Gasteiger partial charge in [-0.1, -0.05) is 6.92 Å². The van der Waals surface area contributed by atoms with Crippen molar-refractivity contribution in [3.63, 3.8) is 0 Å². The second-order valence-electron chi connectivity index (χ2n) is 3.62. The Balaban J connectivity index is 2.60. The standard InChI is InChI=1S/C12H15FN2O/c1-2-11(5-6-14)15-8-9-7-10(13)3-4-12(9)16/h3-4,7,11,15-16H,2,5,8H2,1H3. The Kier molecular flexibility index (Phi) is 4.74. The van der Waals surface area contributed by atoms with Crippen LogP contribution in [0.15, 0.2) is 18.2 Å². The molecule has 1 aromatic rings. The van der Waals surface area contributed by atoms with E-state index in [1.54, 1.807) is 0 Å². The molecule has 1 aromatic carbocycles. The first-order valence-corrected chi connectivity index (χ1v) is 5.25. The Morgan fingerprint density at radius 2 is 2.31 bits per heavy atom. The zero-order valence-corrected chi connectivity index (χ0v) is 9.20. The van der Waals surface area contributed by atoms with Gasteiger partial charge in [0, 0.05) is 18.2 Å². The van der Waals surface area contributed by atoms with Crippen molar-refractivity contribution in [3.05, 3.63) is 29.6 Å². The molecular formula is C12H15FN2O. The summed E-state index contributed by atoms with van der Waals surface area (Å²) >= 11 is 0. The molecule has 0 aliphatic rings.